The zero-order valence-electron chi connectivity index (χ0n) is 8.72. The molecule has 16 heavy (non-hydrogen) atoms. The first-order valence-electron chi connectivity index (χ1n) is 5.24. The highest BCUT2D eigenvalue weighted by molar-refractivity contribution is 5.86. The predicted molar refractivity (Wildman–Crippen MR) is 66.0 cm³/mol. The van der Waals surface area contributed by atoms with Gasteiger partial charge in [-0.05, 0) is 34.7 Å². The van der Waals surface area contributed by atoms with Gasteiger partial charge in [-0.3, -0.25) is 4.98 Å². The topological polar surface area (TPSA) is 12.9 Å². The molecule has 3 aromatic rings. The maximum Gasteiger partial charge on any atom is 0.0346 e. The van der Waals surface area contributed by atoms with Gasteiger partial charge in [-0.25, -0.2) is 0 Å². The number of hydrogen-bond donors (Lipinski definition) is 0. The summed E-state index contributed by atoms with van der Waals surface area (Å²) >= 11 is 0. The Labute approximate surface area is 94.4 Å². The minimum Gasteiger partial charge on any atom is -0.264 e. The quantitative estimate of drug-likeness (QED) is 0.589. The highest BCUT2D eigenvalue weighted by Gasteiger charge is 1.98. The van der Waals surface area contributed by atoms with E-state index in [1.807, 2.05) is 30.6 Å². The van der Waals surface area contributed by atoms with Crippen molar-refractivity contribution in [3.63, 3.8) is 0 Å². The van der Waals surface area contributed by atoms with Gasteiger partial charge in [0.2, 0.25) is 0 Å². The van der Waals surface area contributed by atoms with E-state index in [-0.39, 0.29) is 0 Å². The summed E-state index contributed by atoms with van der Waals surface area (Å²) in [5.74, 6) is 0. The maximum atomic E-state index is 4.14. The SMILES string of the molecule is [c]1ccc(-c2ccc3ccncc3c2)cc1. The fourth-order valence-corrected chi connectivity index (χ4v) is 1.84. The minimum absolute atomic E-state index is 1.17. The third kappa shape index (κ3) is 1.57. The van der Waals surface area contributed by atoms with Crippen molar-refractivity contribution in [1.29, 1.82) is 0 Å². The predicted octanol–water partition coefficient (Wildman–Crippen LogP) is 3.70. The smallest absolute Gasteiger partial charge is 0.0346 e. The molecular weight excluding hydrogens is 194 g/mol. The first-order chi connectivity index (χ1) is 7.93. The molecule has 0 spiro atoms. The molecule has 0 amide bonds. The summed E-state index contributed by atoms with van der Waals surface area (Å²) in [6.07, 6.45) is 3.72. The summed E-state index contributed by atoms with van der Waals surface area (Å²) in [7, 11) is 0. The Morgan fingerprint density at radius 1 is 0.812 bits per heavy atom. The van der Waals surface area contributed by atoms with Crippen molar-refractivity contribution in [2.24, 2.45) is 0 Å². The molecule has 0 N–H and O–H groups in total. The third-order valence-electron chi connectivity index (χ3n) is 2.69. The zero-order chi connectivity index (χ0) is 10.8. The summed E-state index contributed by atoms with van der Waals surface area (Å²) in [4.78, 5) is 4.14. The van der Waals surface area contributed by atoms with Gasteiger partial charge >= 0.3 is 0 Å². The van der Waals surface area contributed by atoms with Crippen LogP contribution in [0.3, 0.4) is 0 Å². The molecule has 3 rings (SSSR count). The van der Waals surface area contributed by atoms with Crippen molar-refractivity contribution in [3.8, 4) is 11.1 Å². The lowest BCUT2D eigenvalue weighted by molar-refractivity contribution is 1.36. The number of aromatic nitrogens is 1. The molecule has 0 unspecified atom stereocenters. The molecule has 0 aliphatic heterocycles. The summed E-state index contributed by atoms with van der Waals surface area (Å²) < 4.78 is 0. The molecule has 0 aliphatic rings. The van der Waals surface area contributed by atoms with Crippen molar-refractivity contribution in [2.75, 3.05) is 0 Å². The summed E-state index contributed by atoms with van der Waals surface area (Å²) in [6.45, 7) is 0. The van der Waals surface area contributed by atoms with Crippen molar-refractivity contribution < 1.29 is 0 Å². The molecule has 0 saturated heterocycles. The van der Waals surface area contributed by atoms with Crippen molar-refractivity contribution in [3.05, 3.63) is 67.0 Å². The molecule has 2 aromatic carbocycles. The zero-order valence-corrected chi connectivity index (χ0v) is 8.72. The highest BCUT2D eigenvalue weighted by Crippen LogP contribution is 2.23. The molecule has 1 nitrogen and oxygen atoms in total. The van der Waals surface area contributed by atoms with Gasteiger partial charge in [0.05, 0.1) is 0 Å². The van der Waals surface area contributed by atoms with Crippen molar-refractivity contribution in [1.82, 2.24) is 4.98 Å². The van der Waals surface area contributed by atoms with Crippen LogP contribution < -0.4 is 0 Å². The second-order valence-corrected chi connectivity index (χ2v) is 3.73. The summed E-state index contributed by atoms with van der Waals surface area (Å²) in [6, 6.07) is 19.5. The van der Waals surface area contributed by atoms with Crippen LogP contribution in [-0.2, 0) is 0 Å². The third-order valence-corrected chi connectivity index (χ3v) is 2.69. The molecule has 1 aromatic heterocycles. The van der Waals surface area contributed by atoms with Gasteiger partial charge in [0.1, 0.15) is 0 Å². The number of fused-ring (bicyclic) bond motifs is 1. The fraction of sp³-hybridized carbons (Fsp3) is 0. The van der Waals surface area contributed by atoms with Crippen LogP contribution in [0.4, 0.5) is 0 Å². The molecule has 75 valence electrons. The lowest BCUT2D eigenvalue weighted by atomic mass is 10.0. The molecule has 0 fully saturated rings. The van der Waals surface area contributed by atoms with Gasteiger partial charge in [0, 0.05) is 17.8 Å². The Balaban J connectivity index is 2.19. The maximum absolute atomic E-state index is 4.14. The van der Waals surface area contributed by atoms with E-state index in [9.17, 15) is 0 Å². The van der Waals surface area contributed by atoms with Crippen LogP contribution in [0.2, 0.25) is 0 Å². The molecule has 1 heteroatoms. The first-order valence-corrected chi connectivity index (χ1v) is 5.24. The highest BCUT2D eigenvalue weighted by atomic mass is 14.6. The number of rotatable bonds is 1. The van der Waals surface area contributed by atoms with Gasteiger partial charge in [-0.15, -0.1) is 0 Å². The van der Waals surface area contributed by atoms with Crippen molar-refractivity contribution >= 4 is 10.8 Å². The molecule has 1 radical (unpaired) electrons. The van der Waals surface area contributed by atoms with Crippen LogP contribution in [0.25, 0.3) is 21.9 Å². The molecule has 1 heterocycles. The number of pyridine rings is 1. The largest absolute Gasteiger partial charge is 0.264 e. The lowest BCUT2D eigenvalue weighted by Crippen LogP contribution is -1.79. The van der Waals surface area contributed by atoms with E-state index in [4.69, 9.17) is 0 Å². The number of benzene rings is 2. The lowest BCUT2D eigenvalue weighted by Gasteiger charge is -2.03. The van der Waals surface area contributed by atoms with Crippen LogP contribution in [0.1, 0.15) is 0 Å². The second-order valence-electron chi connectivity index (χ2n) is 3.73. The van der Waals surface area contributed by atoms with E-state index in [0.717, 1.165) is 0 Å². The van der Waals surface area contributed by atoms with Crippen LogP contribution in [0.15, 0.2) is 60.9 Å². The monoisotopic (exact) mass is 204 g/mol. The van der Waals surface area contributed by atoms with E-state index in [0.29, 0.717) is 0 Å². The van der Waals surface area contributed by atoms with Crippen LogP contribution in [0.5, 0.6) is 0 Å². The molecule has 0 bridgehead atoms. The minimum atomic E-state index is 1.17. The van der Waals surface area contributed by atoms with Crippen LogP contribution in [0, 0.1) is 6.07 Å². The average molecular weight is 204 g/mol. The first kappa shape index (κ1) is 9.10. The molecule has 0 aliphatic carbocycles. The van der Waals surface area contributed by atoms with Gasteiger partial charge in [0.25, 0.3) is 0 Å². The number of nitrogens with zero attached hydrogens (tertiary/aromatic N) is 1. The van der Waals surface area contributed by atoms with Crippen molar-refractivity contribution in [2.45, 2.75) is 0 Å². The Bertz CT molecular complexity index is 614. The second kappa shape index (κ2) is 3.78. The summed E-state index contributed by atoms with van der Waals surface area (Å²) in [5.41, 5.74) is 2.43. The normalized spacial score (nSPS) is 10.5. The van der Waals surface area contributed by atoms with E-state index >= 15 is 0 Å². The average Bonchev–Trinajstić information content (AvgIpc) is 2.39. The Kier molecular flexibility index (Phi) is 2.15. The fourth-order valence-electron chi connectivity index (χ4n) is 1.84. The van der Waals surface area contributed by atoms with E-state index < -0.39 is 0 Å². The Hall–Kier alpha value is -2.15. The van der Waals surface area contributed by atoms with E-state index in [1.54, 1.807) is 0 Å². The molecule has 0 atom stereocenters. The van der Waals surface area contributed by atoms with Gasteiger partial charge in [0.15, 0.2) is 0 Å². The van der Waals surface area contributed by atoms with E-state index in [1.165, 1.54) is 21.9 Å². The van der Waals surface area contributed by atoms with Gasteiger partial charge in [-0.2, -0.15) is 0 Å². The molecular formula is C15H10N. The number of hydrogen-bond acceptors (Lipinski definition) is 1. The molecule has 0 saturated carbocycles. The summed E-state index contributed by atoms with van der Waals surface area (Å²) in [5, 5.41) is 2.40. The Morgan fingerprint density at radius 2 is 1.69 bits per heavy atom. The van der Waals surface area contributed by atoms with Gasteiger partial charge < -0.3 is 0 Å². The Morgan fingerprint density at radius 3 is 2.56 bits per heavy atom. The van der Waals surface area contributed by atoms with Crippen LogP contribution >= 0.6 is 0 Å². The standard InChI is InChI=1S/C15H10N/c1-2-4-12(5-3-1)14-7-6-13-8-9-16-11-15(13)10-14/h2-11H. The van der Waals surface area contributed by atoms with Gasteiger partial charge in [-0.1, -0.05) is 36.4 Å². The van der Waals surface area contributed by atoms with Crippen LogP contribution in [-0.4, -0.2) is 4.98 Å². The van der Waals surface area contributed by atoms with E-state index in [2.05, 4.69) is 41.4 Å².